The average molecular weight is 260 g/mol. The Morgan fingerprint density at radius 2 is 2.33 bits per heavy atom. The maximum absolute atomic E-state index is 12.4. The van der Waals surface area contributed by atoms with Crippen molar-refractivity contribution in [1.29, 1.82) is 0 Å². The molecule has 3 nitrogen and oxygen atoms in total. The number of hydrogen-bond acceptors (Lipinski definition) is 2. The van der Waals surface area contributed by atoms with Gasteiger partial charge in [-0.25, -0.2) is 0 Å². The first-order valence-electron chi connectivity index (χ1n) is 6.18. The van der Waals surface area contributed by atoms with Crippen molar-refractivity contribution >= 4 is 28.6 Å². The van der Waals surface area contributed by atoms with Crippen molar-refractivity contribution in [2.24, 2.45) is 0 Å². The van der Waals surface area contributed by atoms with E-state index in [2.05, 4.69) is 4.98 Å². The van der Waals surface area contributed by atoms with Gasteiger partial charge in [-0.2, -0.15) is 11.8 Å². The molecule has 18 heavy (non-hydrogen) atoms. The number of aromatic amines is 1. The summed E-state index contributed by atoms with van der Waals surface area (Å²) >= 11 is 1.93. The predicted molar refractivity (Wildman–Crippen MR) is 76.1 cm³/mol. The Labute approximate surface area is 111 Å². The summed E-state index contributed by atoms with van der Waals surface area (Å²) in [6, 6.07) is 8.26. The van der Waals surface area contributed by atoms with Gasteiger partial charge in [0, 0.05) is 36.1 Å². The average Bonchev–Trinajstić information content (AvgIpc) is 3.06. The van der Waals surface area contributed by atoms with E-state index in [0.717, 1.165) is 34.4 Å². The molecule has 1 atom stereocenters. The van der Waals surface area contributed by atoms with Crippen LogP contribution in [0.5, 0.6) is 0 Å². The lowest BCUT2D eigenvalue weighted by atomic mass is 10.1. The van der Waals surface area contributed by atoms with Crippen LogP contribution in [0, 0.1) is 0 Å². The van der Waals surface area contributed by atoms with Crippen molar-refractivity contribution in [2.45, 2.75) is 12.5 Å². The molecule has 0 aliphatic carbocycles. The first-order valence-corrected chi connectivity index (χ1v) is 7.33. The fourth-order valence-electron chi connectivity index (χ4n) is 2.38. The van der Waals surface area contributed by atoms with Gasteiger partial charge in [-0.05, 0) is 35.8 Å². The quantitative estimate of drug-likeness (QED) is 0.901. The summed E-state index contributed by atoms with van der Waals surface area (Å²) in [5.74, 6) is 2.35. The number of hydrogen-bond donors (Lipinski definition) is 1. The highest BCUT2D eigenvalue weighted by Gasteiger charge is 2.24. The summed E-state index contributed by atoms with van der Waals surface area (Å²) in [5.41, 5.74) is 1.79. The third kappa shape index (κ3) is 2.01. The smallest absolute Gasteiger partial charge is 0.253 e. The second-order valence-electron chi connectivity index (χ2n) is 4.71. The van der Waals surface area contributed by atoms with Gasteiger partial charge in [-0.3, -0.25) is 4.79 Å². The van der Waals surface area contributed by atoms with Crippen LogP contribution in [0.25, 0.3) is 10.9 Å². The molecule has 0 saturated carbocycles. The number of nitrogens with one attached hydrogen (secondary N) is 1. The summed E-state index contributed by atoms with van der Waals surface area (Å²) in [5, 5.41) is 1.14. The summed E-state index contributed by atoms with van der Waals surface area (Å²) < 4.78 is 0. The lowest BCUT2D eigenvalue weighted by Gasteiger charge is -2.23. The molecule has 1 N–H and O–H groups in total. The topological polar surface area (TPSA) is 36.1 Å². The molecule has 0 spiro atoms. The molecule has 2 aromatic rings. The molecule has 1 aliphatic rings. The van der Waals surface area contributed by atoms with E-state index < -0.39 is 0 Å². The first kappa shape index (κ1) is 11.7. The van der Waals surface area contributed by atoms with Crippen molar-refractivity contribution in [3.05, 3.63) is 36.0 Å². The van der Waals surface area contributed by atoms with Gasteiger partial charge in [0.05, 0.1) is 0 Å². The molecular weight excluding hydrogens is 244 g/mol. The van der Waals surface area contributed by atoms with Crippen molar-refractivity contribution in [1.82, 2.24) is 9.88 Å². The summed E-state index contributed by atoms with van der Waals surface area (Å²) in [4.78, 5) is 17.4. The van der Waals surface area contributed by atoms with E-state index >= 15 is 0 Å². The van der Waals surface area contributed by atoms with Crippen LogP contribution in [0.15, 0.2) is 30.5 Å². The second-order valence-corrected chi connectivity index (χ2v) is 5.86. The van der Waals surface area contributed by atoms with Crippen molar-refractivity contribution in [2.75, 3.05) is 18.6 Å². The first-order chi connectivity index (χ1) is 8.75. The monoisotopic (exact) mass is 260 g/mol. The van der Waals surface area contributed by atoms with E-state index in [9.17, 15) is 4.79 Å². The number of rotatable bonds is 2. The second kappa shape index (κ2) is 4.69. The molecule has 94 valence electrons. The number of amides is 1. The maximum Gasteiger partial charge on any atom is 0.253 e. The lowest BCUT2D eigenvalue weighted by molar-refractivity contribution is 0.0748. The Bertz CT molecular complexity index is 572. The van der Waals surface area contributed by atoms with E-state index in [4.69, 9.17) is 0 Å². The van der Waals surface area contributed by atoms with Crippen molar-refractivity contribution in [3.8, 4) is 0 Å². The lowest BCUT2D eigenvalue weighted by Crippen LogP contribution is -2.36. The highest BCUT2D eigenvalue weighted by Crippen LogP contribution is 2.23. The number of carbonyl (C=O) groups is 1. The van der Waals surface area contributed by atoms with Gasteiger partial charge in [-0.1, -0.05) is 6.07 Å². The molecular formula is C14H16N2OS. The SMILES string of the molecule is CN(C(=O)c1ccc2cc[nH]c2c1)C1CCSC1. The zero-order valence-corrected chi connectivity index (χ0v) is 11.2. The highest BCUT2D eigenvalue weighted by molar-refractivity contribution is 7.99. The summed E-state index contributed by atoms with van der Waals surface area (Å²) in [7, 11) is 1.91. The molecule has 0 radical (unpaired) electrons. The number of nitrogens with zero attached hydrogens (tertiary/aromatic N) is 1. The van der Waals surface area contributed by atoms with Crippen LogP contribution in [-0.2, 0) is 0 Å². The number of fused-ring (bicyclic) bond motifs is 1. The molecule has 1 aliphatic heterocycles. The number of thioether (sulfide) groups is 1. The predicted octanol–water partition coefficient (Wildman–Crippen LogP) is 2.75. The van der Waals surface area contributed by atoms with Gasteiger partial charge >= 0.3 is 0 Å². The van der Waals surface area contributed by atoms with Crippen molar-refractivity contribution in [3.63, 3.8) is 0 Å². The highest BCUT2D eigenvalue weighted by atomic mass is 32.2. The van der Waals surface area contributed by atoms with E-state index in [-0.39, 0.29) is 5.91 Å². The third-order valence-corrected chi connectivity index (χ3v) is 4.72. The molecule has 1 amide bonds. The molecule has 1 aromatic heterocycles. The Balaban J connectivity index is 1.86. The van der Waals surface area contributed by atoms with Crippen LogP contribution in [0.2, 0.25) is 0 Å². The van der Waals surface area contributed by atoms with Crippen LogP contribution in [0.1, 0.15) is 16.8 Å². The normalized spacial score (nSPS) is 19.3. The summed E-state index contributed by atoms with van der Waals surface area (Å²) in [6.07, 6.45) is 3.01. The van der Waals surface area contributed by atoms with Gasteiger partial charge in [0.1, 0.15) is 0 Å². The Morgan fingerprint density at radius 3 is 3.11 bits per heavy atom. The van der Waals surface area contributed by atoms with Crippen LogP contribution < -0.4 is 0 Å². The van der Waals surface area contributed by atoms with Gasteiger partial charge < -0.3 is 9.88 Å². The minimum Gasteiger partial charge on any atom is -0.361 e. The molecule has 1 aromatic carbocycles. The van der Waals surface area contributed by atoms with E-state index in [1.54, 1.807) is 0 Å². The van der Waals surface area contributed by atoms with E-state index in [0.29, 0.717) is 6.04 Å². The summed E-state index contributed by atoms with van der Waals surface area (Å²) in [6.45, 7) is 0. The van der Waals surface area contributed by atoms with E-state index in [1.807, 2.05) is 54.2 Å². The number of benzene rings is 1. The van der Waals surface area contributed by atoms with Gasteiger partial charge in [-0.15, -0.1) is 0 Å². The molecule has 1 unspecified atom stereocenters. The zero-order chi connectivity index (χ0) is 12.5. The van der Waals surface area contributed by atoms with Crippen LogP contribution in [-0.4, -0.2) is 40.4 Å². The number of aromatic nitrogens is 1. The maximum atomic E-state index is 12.4. The molecule has 3 rings (SSSR count). The standard InChI is InChI=1S/C14H16N2OS/c1-16(12-5-7-18-9-12)14(17)11-3-2-10-4-6-15-13(10)8-11/h2-4,6,8,12,15H,5,7,9H2,1H3. The third-order valence-electron chi connectivity index (χ3n) is 3.58. The van der Waals surface area contributed by atoms with Gasteiger partial charge in [0.2, 0.25) is 0 Å². The largest absolute Gasteiger partial charge is 0.361 e. The van der Waals surface area contributed by atoms with E-state index in [1.165, 1.54) is 0 Å². The molecule has 1 fully saturated rings. The minimum atomic E-state index is 0.124. The van der Waals surface area contributed by atoms with Gasteiger partial charge in [0.15, 0.2) is 0 Å². The fraction of sp³-hybridized carbons (Fsp3) is 0.357. The van der Waals surface area contributed by atoms with Crippen molar-refractivity contribution < 1.29 is 4.79 Å². The Hall–Kier alpha value is -1.42. The van der Waals surface area contributed by atoms with Crippen LogP contribution >= 0.6 is 11.8 Å². The zero-order valence-electron chi connectivity index (χ0n) is 10.3. The molecule has 2 heterocycles. The van der Waals surface area contributed by atoms with Crippen LogP contribution in [0.3, 0.4) is 0 Å². The Morgan fingerprint density at radius 1 is 1.44 bits per heavy atom. The van der Waals surface area contributed by atoms with Crippen LogP contribution in [0.4, 0.5) is 0 Å². The Kier molecular flexibility index (Phi) is 3.04. The molecule has 4 heteroatoms. The van der Waals surface area contributed by atoms with Gasteiger partial charge in [0.25, 0.3) is 5.91 Å². The molecule has 0 bridgehead atoms. The fourth-order valence-corrected chi connectivity index (χ4v) is 3.65. The molecule has 1 saturated heterocycles. The number of H-pyrrole nitrogens is 1. The number of carbonyl (C=O) groups excluding carboxylic acids is 1. The minimum absolute atomic E-state index is 0.124.